The van der Waals surface area contributed by atoms with Crippen LogP contribution < -0.4 is 4.74 Å². The van der Waals surface area contributed by atoms with Gasteiger partial charge in [-0.25, -0.2) is 0 Å². The molecule has 0 unspecified atom stereocenters. The van der Waals surface area contributed by atoms with Gasteiger partial charge in [0.1, 0.15) is 18.5 Å². The van der Waals surface area contributed by atoms with Crippen molar-refractivity contribution in [1.82, 2.24) is 0 Å². The normalized spacial score (nSPS) is 13.5. The number of benzene rings is 1. The Balaban J connectivity index is 2.55. The molecule has 0 aliphatic heterocycles. The van der Waals surface area contributed by atoms with Crippen molar-refractivity contribution in [3.8, 4) is 5.75 Å². The third kappa shape index (κ3) is 6.23. The predicted molar refractivity (Wildman–Crippen MR) is 84.2 cm³/mol. The molecule has 0 aromatic heterocycles. The Morgan fingerprint density at radius 3 is 2.50 bits per heavy atom. The first-order valence-electron chi connectivity index (χ1n) is 6.93. The van der Waals surface area contributed by atoms with Crippen molar-refractivity contribution < 1.29 is 29.2 Å². The molecule has 124 valence electrons. The van der Waals surface area contributed by atoms with E-state index in [4.69, 9.17) is 19.3 Å². The van der Waals surface area contributed by atoms with Crippen LogP contribution in [0.1, 0.15) is 18.1 Å². The summed E-state index contributed by atoms with van der Waals surface area (Å²) < 4.78 is 15.4. The van der Waals surface area contributed by atoms with E-state index in [1.54, 1.807) is 24.3 Å². The highest BCUT2D eigenvalue weighted by Gasteiger charge is 2.21. The molecule has 0 saturated carbocycles. The number of carbonyl (C=O) groups excluding carboxylic acids is 1. The number of aliphatic hydroxyl groups excluding tert-OH is 2. The zero-order valence-corrected chi connectivity index (χ0v) is 13.4. The molecule has 22 heavy (non-hydrogen) atoms. The van der Waals surface area contributed by atoms with Gasteiger partial charge in [-0.2, -0.15) is 12.6 Å². The third-order valence-corrected chi connectivity index (χ3v) is 3.29. The molecule has 1 aromatic rings. The Labute approximate surface area is 135 Å². The van der Waals surface area contributed by atoms with Crippen molar-refractivity contribution in [1.29, 1.82) is 0 Å². The molecule has 0 aliphatic rings. The first-order chi connectivity index (χ1) is 10.6. The number of esters is 1. The van der Waals surface area contributed by atoms with Gasteiger partial charge in [-0.15, -0.1) is 0 Å². The summed E-state index contributed by atoms with van der Waals surface area (Å²) in [7, 11) is 1.49. The van der Waals surface area contributed by atoms with Crippen LogP contribution in [0.3, 0.4) is 0 Å². The minimum atomic E-state index is -0.841. The molecule has 0 amide bonds. The second-order valence-corrected chi connectivity index (χ2v) is 4.84. The summed E-state index contributed by atoms with van der Waals surface area (Å²) in [4.78, 5) is 11.0. The summed E-state index contributed by atoms with van der Waals surface area (Å²) in [5.74, 6) is 0.231. The fourth-order valence-electron chi connectivity index (χ4n) is 1.88. The zero-order valence-electron chi connectivity index (χ0n) is 12.5. The molecule has 0 saturated heterocycles. The number of methoxy groups -OCH3 is 1. The van der Waals surface area contributed by atoms with Crippen molar-refractivity contribution in [2.24, 2.45) is 0 Å². The Kier molecular flexibility index (Phi) is 8.91. The van der Waals surface area contributed by atoms with Gasteiger partial charge in [-0.05, 0) is 17.7 Å². The second kappa shape index (κ2) is 10.4. The average molecular weight is 330 g/mol. The topological polar surface area (TPSA) is 85.2 Å². The minimum absolute atomic E-state index is 0.0233. The van der Waals surface area contributed by atoms with Gasteiger partial charge in [-0.3, -0.25) is 4.79 Å². The van der Waals surface area contributed by atoms with E-state index in [9.17, 15) is 9.90 Å². The van der Waals surface area contributed by atoms with E-state index in [0.29, 0.717) is 17.7 Å². The van der Waals surface area contributed by atoms with Gasteiger partial charge in [0.15, 0.2) is 0 Å². The molecular formula is C15H22O6S. The first-order valence-corrected chi connectivity index (χ1v) is 7.56. The Morgan fingerprint density at radius 1 is 1.27 bits per heavy atom. The summed E-state index contributed by atoms with van der Waals surface area (Å²) in [5, 5.41) is 19.0. The smallest absolute Gasteiger partial charge is 0.315 e. The molecular weight excluding hydrogens is 308 g/mol. The van der Waals surface area contributed by atoms with Gasteiger partial charge in [0.05, 0.1) is 25.1 Å². The lowest BCUT2D eigenvalue weighted by molar-refractivity contribution is -0.141. The molecule has 0 radical (unpaired) electrons. The lowest BCUT2D eigenvalue weighted by Gasteiger charge is -2.22. The quantitative estimate of drug-likeness (QED) is 0.438. The van der Waals surface area contributed by atoms with Gasteiger partial charge in [-0.1, -0.05) is 12.1 Å². The fourth-order valence-corrected chi connectivity index (χ4v) is 1.97. The number of ether oxygens (including phenoxy) is 3. The van der Waals surface area contributed by atoms with E-state index in [2.05, 4.69) is 12.6 Å². The minimum Gasteiger partial charge on any atom is -0.491 e. The van der Waals surface area contributed by atoms with Crippen molar-refractivity contribution in [2.45, 2.75) is 18.6 Å². The van der Waals surface area contributed by atoms with Crippen molar-refractivity contribution in [3.63, 3.8) is 0 Å². The van der Waals surface area contributed by atoms with Crippen LogP contribution in [0.5, 0.6) is 5.75 Å². The molecule has 2 atom stereocenters. The van der Waals surface area contributed by atoms with Gasteiger partial charge in [0.25, 0.3) is 0 Å². The molecule has 1 rings (SSSR count). The van der Waals surface area contributed by atoms with E-state index in [-0.39, 0.29) is 25.6 Å². The maximum atomic E-state index is 11.0. The highest BCUT2D eigenvalue weighted by molar-refractivity contribution is 7.81. The Hall–Kier alpha value is -1.28. The van der Waals surface area contributed by atoms with Crippen LogP contribution in [0.25, 0.3) is 0 Å². The van der Waals surface area contributed by atoms with Crippen LogP contribution in [0.4, 0.5) is 0 Å². The fraction of sp³-hybridized carbons (Fsp3) is 0.533. The van der Waals surface area contributed by atoms with Gasteiger partial charge in [0.2, 0.25) is 0 Å². The molecule has 1 aromatic carbocycles. The third-order valence-electron chi connectivity index (χ3n) is 3.03. The molecule has 6 nitrogen and oxygen atoms in total. The molecule has 7 heteroatoms. The molecule has 0 fully saturated rings. The summed E-state index contributed by atoms with van der Waals surface area (Å²) in [6.45, 7) is 0.326. The summed E-state index contributed by atoms with van der Waals surface area (Å²) in [5.41, 5.74) is 0.670. The highest BCUT2D eigenvalue weighted by atomic mass is 32.1. The monoisotopic (exact) mass is 330 g/mol. The maximum absolute atomic E-state index is 11.0. The lowest BCUT2D eigenvalue weighted by Crippen LogP contribution is -2.23. The Morgan fingerprint density at radius 2 is 1.95 bits per heavy atom. The number of hydrogen-bond donors (Lipinski definition) is 3. The lowest BCUT2D eigenvalue weighted by atomic mass is 10.0. The average Bonchev–Trinajstić information content (AvgIpc) is 2.56. The molecule has 2 N–H and O–H groups in total. The van der Waals surface area contributed by atoms with Crippen LogP contribution in [0.15, 0.2) is 24.3 Å². The maximum Gasteiger partial charge on any atom is 0.315 e. The van der Waals surface area contributed by atoms with Crippen LogP contribution in [0, 0.1) is 0 Å². The van der Waals surface area contributed by atoms with Crippen molar-refractivity contribution in [3.05, 3.63) is 29.8 Å². The van der Waals surface area contributed by atoms with Crippen LogP contribution >= 0.6 is 12.6 Å². The number of rotatable bonds is 10. The number of thiol groups is 1. The molecule has 0 heterocycles. The highest BCUT2D eigenvalue weighted by Crippen LogP contribution is 2.23. The summed E-state index contributed by atoms with van der Waals surface area (Å²) in [6.07, 6.45) is -0.955. The number of hydrogen-bond acceptors (Lipinski definition) is 7. The summed E-state index contributed by atoms with van der Waals surface area (Å²) >= 11 is 3.81. The van der Waals surface area contributed by atoms with E-state index >= 15 is 0 Å². The van der Waals surface area contributed by atoms with Crippen molar-refractivity contribution >= 4 is 18.6 Å². The van der Waals surface area contributed by atoms with E-state index in [1.807, 2.05) is 0 Å². The number of carbonyl (C=O) groups is 1. The first kappa shape index (κ1) is 18.8. The van der Waals surface area contributed by atoms with E-state index in [1.165, 1.54) is 7.11 Å². The van der Waals surface area contributed by atoms with Gasteiger partial charge >= 0.3 is 5.97 Å². The van der Waals surface area contributed by atoms with Crippen LogP contribution in [0.2, 0.25) is 0 Å². The van der Waals surface area contributed by atoms with Crippen molar-refractivity contribution in [2.75, 3.05) is 32.7 Å². The molecule has 0 spiro atoms. The second-order valence-electron chi connectivity index (χ2n) is 4.53. The predicted octanol–water partition coefficient (Wildman–Crippen LogP) is 0.969. The SMILES string of the molecule is CO[C@@H](CCOC(=O)CS)[C@@H](O)c1ccc(OCCO)cc1. The molecule has 0 aliphatic carbocycles. The standard InChI is InChI=1S/C15H22O6S/c1-19-13(6-8-21-14(17)10-22)15(18)11-2-4-12(5-3-11)20-9-7-16/h2-5,13,15-16,18,22H,6-10H2,1H3/t13-,15-/m0/s1. The van der Waals surface area contributed by atoms with Gasteiger partial charge < -0.3 is 24.4 Å². The van der Waals surface area contributed by atoms with Gasteiger partial charge in [0, 0.05) is 13.5 Å². The Bertz CT molecular complexity index is 436. The van der Waals surface area contributed by atoms with Crippen LogP contribution in [-0.4, -0.2) is 55.0 Å². The summed E-state index contributed by atoms with van der Waals surface area (Å²) in [6, 6.07) is 6.87. The number of aliphatic hydroxyl groups is 2. The molecule has 0 bridgehead atoms. The van der Waals surface area contributed by atoms with Crippen LogP contribution in [-0.2, 0) is 14.3 Å². The van der Waals surface area contributed by atoms with E-state index in [0.717, 1.165) is 0 Å². The zero-order chi connectivity index (χ0) is 16.4. The van der Waals surface area contributed by atoms with E-state index < -0.39 is 18.2 Å². The largest absolute Gasteiger partial charge is 0.491 e.